The highest BCUT2D eigenvalue weighted by molar-refractivity contribution is 5.99. The summed E-state index contributed by atoms with van der Waals surface area (Å²) in [6, 6.07) is 11.5. The van der Waals surface area contributed by atoms with Gasteiger partial charge < -0.3 is 15.4 Å². The first-order valence-electron chi connectivity index (χ1n) is 9.32. The molecular formula is C22H25FN2O4. The van der Waals surface area contributed by atoms with E-state index in [0.29, 0.717) is 5.56 Å². The van der Waals surface area contributed by atoms with Crippen molar-refractivity contribution in [2.24, 2.45) is 5.92 Å². The number of amides is 2. The number of carbonyl (C=O) groups excluding carboxylic acids is 3. The van der Waals surface area contributed by atoms with Gasteiger partial charge in [0.15, 0.2) is 6.10 Å². The predicted molar refractivity (Wildman–Crippen MR) is 108 cm³/mol. The van der Waals surface area contributed by atoms with Gasteiger partial charge in [-0.05, 0) is 49.6 Å². The van der Waals surface area contributed by atoms with E-state index in [0.717, 1.165) is 11.6 Å². The zero-order valence-corrected chi connectivity index (χ0v) is 16.9. The summed E-state index contributed by atoms with van der Waals surface area (Å²) < 4.78 is 18.5. The fourth-order valence-electron chi connectivity index (χ4n) is 2.66. The molecule has 0 fully saturated rings. The zero-order valence-electron chi connectivity index (χ0n) is 16.9. The molecular weight excluding hydrogens is 375 g/mol. The minimum atomic E-state index is -1.12. The lowest BCUT2D eigenvalue weighted by Crippen LogP contribution is -2.47. The molecule has 0 aromatic heterocycles. The van der Waals surface area contributed by atoms with Crippen molar-refractivity contribution in [2.45, 2.75) is 39.8 Å². The van der Waals surface area contributed by atoms with Crippen LogP contribution in [-0.2, 0) is 14.3 Å². The molecule has 0 heterocycles. The van der Waals surface area contributed by atoms with Crippen LogP contribution in [0.3, 0.4) is 0 Å². The molecule has 0 saturated heterocycles. The minimum Gasteiger partial charge on any atom is -0.451 e. The molecule has 0 aliphatic rings. The molecule has 2 atom stereocenters. The van der Waals surface area contributed by atoms with E-state index in [1.807, 2.05) is 6.07 Å². The first-order chi connectivity index (χ1) is 13.7. The third kappa shape index (κ3) is 6.14. The Bertz CT molecular complexity index is 898. The summed E-state index contributed by atoms with van der Waals surface area (Å²) in [6.07, 6.45) is -1.12. The number of anilines is 1. The summed E-state index contributed by atoms with van der Waals surface area (Å²) in [4.78, 5) is 37.4. The molecule has 6 nitrogen and oxygen atoms in total. The molecule has 0 unspecified atom stereocenters. The fourth-order valence-corrected chi connectivity index (χ4v) is 2.66. The van der Waals surface area contributed by atoms with Gasteiger partial charge in [0.2, 0.25) is 0 Å². The van der Waals surface area contributed by atoms with E-state index in [-0.39, 0.29) is 11.6 Å². The Balaban J connectivity index is 2.02. The molecule has 0 spiro atoms. The van der Waals surface area contributed by atoms with E-state index < -0.39 is 35.7 Å². The molecule has 2 aromatic carbocycles. The Kier molecular flexibility index (Phi) is 7.47. The summed E-state index contributed by atoms with van der Waals surface area (Å²) in [7, 11) is 0. The van der Waals surface area contributed by atoms with E-state index in [9.17, 15) is 18.8 Å². The molecule has 154 valence electrons. The lowest BCUT2D eigenvalue weighted by atomic mass is 10.0. The van der Waals surface area contributed by atoms with Crippen LogP contribution in [0.4, 0.5) is 10.1 Å². The number of aryl methyl sites for hydroxylation is 1. The molecule has 0 saturated carbocycles. The van der Waals surface area contributed by atoms with E-state index in [1.54, 1.807) is 39.0 Å². The molecule has 2 rings (SSSR count). The summed E-state index contributed by atoms with van der Waals surface area (Å²) in [6.45, 7) is 6.74. The van der Waals surface area contributed by atoms with E-state index >= 15 is 0 Å². The molecule has 29 heavy (non-hydrogen) atoms. The molecule has 0 aliphatic heterocycles. The summed E-state index contributed by atoms with van der Waals surface area (Å²) >= 11 is 0. The van der Waals surface area contributed by atoms with Crippen molar-refractivity contribution in [3.63, 3.8) is 0 Å². The highest BCUT2D eigenvalue weighted by atomic mass is 19.1. The van der Waals surface area contributed by atoms with Gasteiger partial charge in [0.05, 0.1) is 0 Å². The van der Waals surface area contributed by atoms with E-state index in [4.69, 9.17) is 4.74 Å². The maximum atomic E-state index is 13.2. The first-order valence-corrected chi connectivity index (χ1v) is 9.32. The standard InChI is InChI=1S/C22H25FN2O4/c1-13(2)19(25-21(27)18-11-6-5-8-14(18)3)22(28)29-15(4)20(26)24-17-10-7-9-16(23)12-17/h5-13,15,19H,1-4H3,(H,24,26)(H,25,27)/t15-,19+/m1/s1. The van der Waals surface area contributed by atoms with Gasteiger partial charge in [-0.1, -0.05) is 38.1 Å². The second-order valence-electron chi connectivity index (χ2n) is 7.09. The average molecular weight is 400 g/mol. The van der Waals surface area contributed by atoms with Gasteiger partial charge >= 0.3 is 5.97 Å². The van der Waals surface area contributed by atoms with E-state index in [2.05, 4.69) is 10.6 Å². The van der Waals surface area contributed by atoms with Crippen LogP contribution in [0.25, 0.3) is 0 Å². The van der Waals surface area contributed by atoms with Crippen molar-refractivity contribution >= 4 is 23.5 Å². The monoisotopic (exact) mass is 400 g/mol. The summed E-state index contributed by atoms with van der Waals surface area (Å²) in [5, 5.41) is 5.17. The highest BCUT2D eigenvalue weighted by Crippen LogP contribution is 2.13. The van der Waals surface area contributed by atoms with Gasteiger partial charge in [-0.25, -0.2) is 9.18 Å². The molecule has 0 radical (unpaired) electrons. The summed E-state index contributed by atoms with van der Waals surface area (Å²) in [5.41, 5.74) is 1.50. The van der Waals surface area contributed by atoms with Crippen LogP contribution in [0, 0.1) is 18.7 Å². The van der Waals surface area contributed by atoms with Gasteiger partial charge in [0, 0.05) is 11.3 Å². The molecule has 0 bridgehead atoms. The fraction of sp³-hybridized carbons (Fsp3) is 0.318. The largest absolute Gasteiger partial charge is 0.451 e. The molecule has 2 amide bonds. The Morgan fingerprint density at radius 3 is 2.31 bits per heavy atom. The SMILES string of the molecule is Cc1ccccc1C(=O)N[C@H](C(=O)O[C@H](C)C(=O)Nc1cccc(F)c1)C(C)C. The number of nitrogens with one attached hydrogen (secondary N) is 2. The Morgan fingerprint density at radius 1 is 1.00 bits per heavy atom. The van der Waals surface area contributed by atoms with Crippen LogP contribution in [0.2, 0.25) is 0 Å². The number of hydrogen-bond donors (Lipinski definition) is 2. The second kappa shape index (κ2) is 9.82. The summed E-state index contributed by atoms with van der Waals surface area (Å²) in [5.74, 6) is -2.46. The van der Waals surface area contributed by atoms with Crippen molar-refractivity contribution in [1.29, 1.82) is 0 Å². The topological polar surface area (TPSA) is 84.5 Å². The minimum absolute atomic E-state index is 0.256. The second-order valence-corrected chi connectivity index (χ2v) is 7.09. The number of carbonyl (C=O) groups is 3. The van der Waals surface area contributed by atoms with Crippen LogP contribution in [-0.4, -0.2) is 29.9 Å². The number of ether oxygens (including phenoxy) is 1. The number of benzene rings is 2. The van der Waals surface area contributed by atoms with Crippen LogP contribution in [0.1, 0.15) is 36.7 Å². The quantitative estimate of drug-likeness (QED) is 0.697. The van der Waals surface area contributed by atoms with Crippen molar-refractivity contribution in [3.8, 4) is 0 Å². The number of esters is 1. The molecule has 7 heteroatoms. The van der Waals surface area contributed by atoms with Crippen LogP contribution >= 0.6 is 0 Å². The van der Waals surface area contributed by atoms with Crippen molar-refractivity contribution in [1.82, 2.24) is 5.32 Å². The van der Waals surface area contributed by atoms with Gasteiger partial charge in [0.25, 0.3) is 11.8 Å². The number of rotatable bonds is 7. The normalized spacial score (nSPS) is 12.8. The van der Waals surface area contributed by atoms with Crippen molar-refractivity contribution in [2.75, 3.05) is 5.32 Å². The van der Waals surface area contributed by atoms with Crippen LogP contribution < -0.4 is 10.6 Å². The number of halogens is 1. The maximum absolute atomic E-state index is 13.2. The lowest BCUT2D eigenvalue weighted by Gasteiger charge is -2.23. The predicted octanol–water partition coefficient (Wildman–Crippen LogP) is 3.46. The smallest absolute Gasteiger partial charge is 0.329 e. The molecule has 0 aliphatic carbocycles. The van der Waals surface area contributed by atoms with E-state index in [1.165, 1.54) is 25.1 Å². The molecule has 2 N–H and O–H groups in total. The Morgan fingerprint density at radius 2 is 1.69 bits per heavy atom. The van der Waals surface area contributed by atoms with Crippen LogP contribution in [0.15, 0.2) is 48.5 Å². The van der Waals surface area contributed by atoms with Gasteiger partial charge in [-0.2, -0.15) is 0 Å². The third-order valence-electron chi connectivity index (χ3n) is 4.35. The zero-order chi connectivity index (χ0) is 21.6. The first kappa shape index (κ1) is 22.1. The third-order valence-corrected chi connectivity index (χ3v) is 4.35. The van der Waals surface area contributed by atoms with Gasteiger partial charge in [-0.3, -0.25) is 9.59 Å². The van der Waals surface area contributed by atoms with Gasteiger partial charge in [0.1, 0.15) is 11.9 Å². The van der Waals surface area contributed by atoms with Crippen molar-refractivity contribution in [3.05, 3.63) is 65.5 Å². The number of hydrogen-bond acceptors (Lipinski definition) is 4. The van der Waals surface area contributed by atoms with Crippen molar-refractivity contribution < 1.29 is 23.5 Å². The van der Waals surface area contributed by atoms with Gasteiger partial charge in [-0.15, -0.1) is 0 Å². The highest BCUT2D eigenvalue weighted by Gasteiger charge is 2.29. The lowest BCUT2D eigenvalue weighted by molar-refractivity contribution is -0.156. The Labute approximate surface area is 169 Å². The average Bonchev–Trinajstić information content (AvgIpc) is 2.65. The Hall–Kier alpha value is -3.22. The maximum Gasteiger partial charge on any atom is 0.329 e. The molecule has 2 aromatic rings. The van der Waals surface area contributed by atoms with Crippen LogP contribution in [0.5, 0.6) is 0 Å².